The molecule has 0 aliphatic rings. The Balaban J connectivity index is 2.09. The second kappa shape index (κ2) is 9.55. The summed E-state index contributed by atoms with van der Waals surface area (Å²) in [7, 11) is 0. The number of ketones is 1. The Bertz CT molecular complexity index is 836. The van der Waals surface area contributed by atoms with E-state index in [1.807, 2.05) is 0 Å². The molecule has 0 saturated carbocycles. The van der Waals surface area contributed by atoms with Crippen molar-refractivity contribution in [3.63, 3.8) is 0 Å². The lowest BCUT2D eigenvalue weighted by Gasteiger charge is -2.24. The minimum atomic E-state index is -2.04. The van der Waals surface area contributed by atoms with E-state index in [0.717, 1.165) is 0 Å². The van der Waals surface area contributed by atoms with E-state index in [9.17, 15) is 9.59 Å². The fourth-order valence-electron chi connectivity index (χ4n) is 2.03. The Morgan fingerprint density at radius 3 is 2.11 bits per heavy atom. The molecule has 0 aromatic heterocycles. The van der Waals surface area contributed by atoms with E-state index in [2.05, 4.69) is 5.32 Å². The van der Waals surface area contributed by atoms with E-state index < -0.39 is 28.2 Å². The lowest BCUT2D eigenvalue weighted by molar-refractivity contribution is 0.0812. The van der Waals surface area contributed by atoms with E-state index in [1.54, 1.807) is 24.3 Å². The largest absolute Gasteiger partial charge is 0.441 e. The van der Waals surface area contributed by atoms with Crippen molar-refractivity contribution in [1.29, 1.82) is 0 Å². The zero-order valence-electron chi connectivity index (χ0n) is 13.3. The first-order chi connectivity index (χ1) is 12.6. The molecule has 1 atom stereocenters. The highest BCUT2D eigenvalue weighted by Gasteiger charge is 2.38. The number of hydrogen-bond acceptors (Lipinski definition) is 3. The predicted molar refractivity (Wildman–Crippen MR) is 111 cm³/mol. The maximum atomic E-state index is 12.5. The van der Waals surface area contributed by atoms with E-state index in [-0.39, 0.29) is 10.6 Å². The molecule has 2 rings (SSSR count). The molecular formula is C17H11Cl6NO3. The van der Waals surface area contributed by atoms with Crippen molar-refractivity contribution >= 4 is 87.2 Å². The zero-order valence-corrected chi connectivity index (χ0v) is 17.9. The number of halogens is 6. The molecule has 0 saturated heterocycles. The Morgan fingerprint density at radius 1 is 0.963 bits per heavy atom. The maximum absolute atomic E-state index is 12.5. The van der Waals surface area contributed by atoms with Gasteiger partial charge in [-0.2, -0.15) is 0 Å². The summed E-state index contributed by atoms with van der Waals surface area (Å²) in [6.45, 7) is 0. The predicted octanol–water partition coefficient (Wildman–Crippen LogP) is 7.21. The molecule has 144 valence electrons. The van der Waals surface area contributed by atoms with Crippen LogP contribution in [0.3, 0.4) is 0 Å². The molecule has 4 nitrogen and oxygen atoms in total. The van der Waals surface area contributed by atoms with Gasteiger partial charge in [-0.25, -0.2) is 4.79 Å². The third kappa shape index (κ3) is 6.90. The van der Waals surface area contributed by atoms with Crippen LogP contribution in [0, 0.1) is 0 Å². The number of carbonyl (C=O) groups is 2. The topological polar surface area (TPSA) is 55.4 Å². The van der Waals surface area contributed by atoms with E-state index >= 15 is 0 Å². The number of amides is 1. The van der Waals surface area contributed by atoms with Gasteiger partial charge >= 0.3 is 6.09 Å². The molecule has 0 spiro atoms. The zero-order chi connectivity index (χ0) is 20.2. The summed E-state index contributed by atoms with van der Waals surface area (Å²) >= 11 is 35.2. The summed E-state index contributed by atoms with van der Waals surface area (Å²) in [5.41, 5.74) is 0.585. The summed E-state index contributed by atoms with van der Waals surface area (Å²) in [5, 5.41) is 3.46. The molecule has 0 aliphatic heterocycles. The Hall–Kier alpha value is -0.880. The van der Waals surface area contributed by atoms with E-state index in [4.69, 9.17) is 74.3 Å². The summed E-state index contributed by atoms with van der Waals surface area (Å²) < 4.78 is 3.10. The highest BCUT2D eigenvalue weighted by atomic mass is 35.6. The number of hydrogen-bond donors (Lipinski definition) is 1. The first-order valence-corrected chi connectivity index (χ1v) is 9.61. The molecule has 0 bridgehead atoms. The number of carbonyl (C=O) groups excluding carboxylic acids is 2. The van der Waals surface area contributed by atoms with Crippen LogP contribution in [0.2, 0.25) is 15.1 Å². The minimum absolute atomic E-state index is 0.140. The molecular weight excluding hydrogens is 479 g/mol. The molecule has 0 aliphatic carbocycles. The highest BCUT2D eigenvalue weighted by molar-refractivity contribution is 6.68. The number of nitrogens with one attached hydrogen (secondary N) is 1. The van der Waals surface area contributed by atoms with Crippen LogP contribution in [0.25, 0.3) is 0 Å². The van der Waals surface area contributed by atoms with Crippen molar-refractivity contribution < 1.29 is 14.3 Å². The van der Waals surface area contributed by atoms with Crippen LogP contribution in [-0.4, -0.2) is 21.8 Å². The molecule has 0 fully saturated rings. The molecule has 2 aromatic carbocycles. The molecule has 0 heterocycles. The van der Waals surface area contributed by atoms with Gasteiger partial charge in [0, 0.05) is 21.3 Å². The molecule has 0 radical (unpaired) electrons. The van der Waals surface area contributed by atoms with Crippen LogP contribution >= 0.6 is 69.6 Å². The maximum Gasteiger partial charge on any atom is 0.412 e. The average Bonchev–Trinajstić information content (AvgIpc) is 2.55. The average molecular weight is 490 g/mol. The summed E-state index contributed by atoms with van der Waals surface area (Å²) in [4.78, 5) is 24.6. The quantitative estimate of drug-likeness (QED) is 0.356. The van der Waals surface area contributed by atoms with Gasteiger partial charge in [0.2, 0.25) is 3.79 Å². The van der Waals surface area contributed by atoms with Gasteiger partial charge in [-0.3, -0.25) is 10.1 Å². The first kappa shape index (κ1) is 22.4. The fraction of sp³-hybridized carbons (Fsp3) is 0.176. The van der Waals surface area contributed by atoms with Gasteiger partial charge in [0.1, 0.15) is 0 Å². The van der Waals surface area contributed by atoms with Crippen molar-refractivity contribution in [2.75, 3.05) is 5.32 Å². The second-order valence-electron chi connectivity index (χ2n) is 5.32. The van der Waals surface area contributed by atoms with Crippen LogP contribution in [0.4, 0.5) is 10.5 Å². The van der Waals surface area contributed by atoms with E-state index in [0.29, 0.717) is 15.7 Å². The Labute approximate surface area is 185 Å². The Kier molecular flexibility index (Phi) is 7.93. The van der Waals surface area contributed by atoms with E-state index in [1.165, 1.54) is 18.2 Å². The molecule has 2 aromatic rings. The number of benzene rings is 2. The van der Waals surface area contributed by atoms with Crippen LogP contribution in [-0.2, 0) is 4.74 Å². The van der Waals surface area contributed by atoms with Crippen molar-refractivity contribution in [3.05, 3.63) is 63.1 Å². The molecule has 1 amide bonds. The van der Waals surface area contributed by atoms with Crippen LogP contribution < -0.4 is 5.32 Å². The van der Waals surface area contributed by atoms with Gasteiger partial charge in [-0.05, 0) is 42.5 Å². The minimum Gasteiger partial charge on any atom is -0.441 e. The van der Waals surface area contributed by atoms with Crippen molar-refractivity contribution in [1.82, 2.24) is 0 Å². The Morgan fingerprint density at radius 2 is 1.56 bits per heavy atom. The molecule has 1 N–H and O–H groups in total. The van der Waals surface area contributed by atoms with Crippen molar-refractivity contribution in [3.8, 4) is 0 Å². The summed E-state index contributed by atoms with van der Waals surface area (Å²) in [5.74, 6) is -0.479. The number of alkyl halides is 3. The van der Waals surface area contributed by atoms with Crippen LogP contribution in [0.5, 0.6) is 0 Å². The number of Topliss-reactive ketones (excluding diaryl/α,β-unsaturated/α-hetero) is 1. The third-order valence-electron chi connectivity index (χ3n) is 3.31. The number of anilines is 1. The number of rotatable bonds is 5. The van der Waals surface area contributed by atoms with Crippen molar-refractivity contribution in [2.45, 2.75) is 16.3 Å². The van der Waals surface area contributed by atoms with Gasteiger partial charge in [-0.1, -0.05) is 69.6 Å². The summed E-state index contributed by atoms with van der Waals surface area (Å²) in [6, 6.07) is 10.6. The smallest absolute Gasteiger partial charge is 0.412 e. The normalized spacial score (nSPS) is 12.4. The van der Waals surface area contributed by atoms with Gasteiger partial charge in [-0.15, -0.1) is 0 Å². The van der Waals surface area contributed by atoms with Gasteiger partial charge in [0.05, 0.1) is 11.4 Å². The highest BCUT2D eigenvalue weighted by Crippen LogP contribution is 2.35. The second-order valence-corrected chi connectivity index (χ2v) is 8.97. The molecule has 10 heteroatoms. The van der Waals surface area contributed by atoms with Gasteiger partial charge in [0.25, 0.3) is 0 Å². The fourth-order valence-corrected chi connectivity index (χ4v) is 3.03. The first-order valence-electron chi connectivity index (χ1n) is 7.34. The van der Waals surface area contributed by atoms with Crippen LogP contribution in [0.1, 0.15) is 16.8 Å². The molecule has 27 heavy (non-hydrogen) atoms. The van der Waals surface area contributed by atoms with Gasteiger partial charge in [0.15, 0.2) is 11.9 Å². The monoisotopic (exact) mass is 487 g/mol. The third-order valence-corrected chi connectivity index (χ3v) is 4.84. The summed E-state index contributed by atoms with van der Waals surface area (Å²) in [6.07, 6.45) is -2.65. The SMILES string of the molecule is O=C(Nc1ccc(Cl)cc1)O[C@H](CC(=O)c1ccc(Cl)cc1Cl)C(Cl)(Cl)Cl. The lowest BCUT2D eigenvalue weighted by atomic mass is 10.1. The standard InChI is InChI=1S/C17H11Cl6NO3/c18-9-1-4-11(5-2-9)24-16(26)27-15(17(21,22)23)8-14(25)12-6-3-10(19)7-13(12)20/h1-7,15H,8H2,(H,24,26)/t15-/m1/s1. The lowest BCUT2D eigenvalue weighted by Crippen LogP contribution is -2.35. The van der Waals surface area contributed by atoms with Gasteiger partial charge < -0.3 is 4.74 Å². The van der Waals surface area contributed by atoms with Crippen LogP contribution in [0.15, 0.2) is 42.5 Å². The number of ether oxygens (including phenoxy) is 1. The van der Waals surface area contributed by atoms with Crippen molar-refractivity contribution in [2.24, 2.45) is 0 Å². The molecule has 0 unspecified atom stereocenters.